The van der Waals surface area contributed by atoms with Crippen LogP contribution in [0.2, 0.25) is 0 Å². The molecule has 1 atom stereocenters. The van der Waals surface area contributed by atoms with Crippen molar-refractivity contribution in [2.45, 2.75) is 12.8 Å². The monoisotopic (exact) mass is 323 g/mol. The molecule has 124 valence electrons. The fourth-order valence-corrected chi connectivity index (χ4v) is 2.64. The van der Waals surface area contributed by atoms with E-state index in [4.69, 9.17) is 12.2 Å². The van der Waals surface area contributed by atoms with Crippen molar-refractivity contribution >= 4 is 23.0 Å². The molecule has 0 unspecified atom stereocenters. The zero-order chi connectivity index (χ0) is 16.8. The van der Waals surface area contributed by atoms with Crippen LogP contribution >= 0.6 is 0 Å². The van der Waals surface area contributed by atoms with Crippen LogP contribution in [0.3, 0.4) is 0 Å². The zero-order valence-corrected chi connectivity index (χ0v) is 13.4. The summed E-state index contributed by atoms with van der Waals surface area (Å²) in [6.07, 6.45) is 12.5. The summed E-state index contributed by atoms with van der Waals surface area (Å²) in [5.41, 5.74) is 8.00. The number of nitrogens with two attached hydrogens (primary N) is 1. The molecule has 5 N–H and O–H groups in total. The van der Waals surface area contributed by atoms with E-state index in [1.54, 1.807) is 12.4 Å². The fraction of sp³-hybridized carbons (Fsp3) is 0.353. The van der Waals surface area contributed by atoms with Gasteiger partial charge in [0.05, 0.1) is 30.0 Å². The van der Waals surface area contributed by atoms with E-state index in [0.717, 1.165) is 25.3 Å². The second kappa shape index (κ2) is 7.62. The Bertz CT molecular complexity index is 715. The summed E-state index contributed by atoms with van der Waals surface area (Å²) in [6, 6.07) is 1.88. The Labute approximate surface area is 141 Å². The van der Waals surface area contributed by atoms with Crippen LogP contribution in [0.25, 0.3) is 0 Å². The molecule has 0 bridgehead atoms. The molecule has 1 fully saturated rings. The smallest absolute Gasteiger partial charge is 0.150 e. The summed E-state index contributed by atoms with van der Waals surface area (Å²) in [5.74, 6) is 4.28. The van der Waals surface area contributed by atoms with Gasteiger partial charge >= 0.3 is 0 Å². The van der Waals surface area contributed by atoms with Crippen LogP contribution in [-0.2, 0) is 0 Å². The van der Waals surface area contributed by atoms with Crippen LogP contribution in [0.4, 0.5) is 23.0 Å². The molecule has 3 heterocycles. The molecule has 0 amide bonds. The molecule has 0 aromatic carbocycles. The molecular formula is C17H21N7. The van der Waals surface area contributed by atoms with Crippen LogP contribution in [0.15, 0.2) is 24.7 Å². The number of terminal acetylenes is 1. The van der Waals surface area contributed by atoms with Gasteiger partial charge in [0.2, 0.25) is 0 Å². The number of nitrogens with one attached hydrogen (secondary N) is 3. The Kier molecular flexibility index (Phi) is 5.08. The number of aromatic nitrogens is 3. The summed E-state index contributed by atoms with van der Waals surface area (Å²) < 4.78 is 0. The first-order chi connectivity index (χ1) is 11.7. The van der Waals surface area contributed by atoms with Gasteiger partial charge in [0.15, 0.2) is 0 Å². The van der Waals surface area contributed by atoms with Gasteiger partial charge in [-0.15, -0.1) is 6.42 Å². The average molecular weight is 323 g/mol. The molecular weight excluding hydrogens is 302 g/mol. The number of hydrogen-bond acceptors (Lipinski definition) is 7. The number of hydrogen-bond donors (Lipinski definition) is 4. The predicted octanol–water partition coefficient (Wildman–Crippen LogP) is 1.59. The second-order valence-electron chi connectivity index (χ2n) is 5.81. The van der Waals surface area contributed by atoms with Gasteiger partial charge in [-0.25, -0.2) is 15.0 Å². The Morgan fingerprint density at radius 1 is 1.25 bits per heavy atom. The number of pyridine rings is 1. The lowest BCUT2D eigenvalue weighted by atomic mass is 10.00. The summed E-state index contributed by atoms with van der Waals surface area (Å²) >= 11 is 0. The highest BCUT2D eigenvalue weighted by Gasteiger charge is 2.13. The van der Waals surface area contributed by atoms with Crippen molar-refractivity contribution in [3.05, 3.63) is 30.4 Å². The number of piperidine rings is 1. The number of anilines is 4. The molecule has 0 spiro atoms. The number of nitrogens with zero attached hydrogens (tertiary/aromatic N) is 3. The highest BCUT2D eigenvalue weighted by atomic mass is 15.1. The van der Waals surface area contributed by atoms with Crippen LogP contribution in [0, 0.1) is 18.3 Å². The first-order valence-corrected chi connectivity index (χ1v) is 8.00. The SMILES string of the molecule is C#Cc1cnc(Nc2cc(NC[C@H]3CCCNC3)c(N)cn2)cn1. The van der Waals surface area contributed by atoms with Crippen LogP contribution in [-0.4, -0.2) is 34.6 Å². The van der Waals surface area contributed by atoms with E-state index in [1.807, 2.05) is 6.07 Å². The summed E-state index contributed by atoms with van der Waals surface area (Å²) in [4.78, 5) is 12.6. The summed E-state index contributed by atoms with van der Waals surface area (Å²) in [6.45, 7) is 3.04. The van der Waals surface area contributed by atoms with Crippen molar-refractivity contribution in [1.29, 1.82) is 0 Å². The maximum absolute atomic E-state index is 6.02. The van der Waals surface area contributed by atoms with Gasteiger partial charge in [-0.3, -0.25) is 0 Å². The first kappa shape index (κ1) is 16.0. The second-order valence-corrected chi connectivity index (χ2v) is 5.81. The molecule has 2 aromatic heterocycles. The minimum atomic E-state index is 0.495. The lowest BCUT2D eigenvalue weighted by Gasteiger charge is -2.23. The van der Waals surface area contributed by atoms with Gasteiger partial charge in [-0.1, -0.05) is 0 Å². The van der Waals surface area contributed by atoms with E-state index >= 15 is 0 Å². The lowest BCUT2D eigenvalue weighted by molar-refractivity contribution is 0.393. The minimum Gasteiger partial charge on any atom is -0.396 e. The van der Waals surface area contributed by atoms with E-state index < -0.39 is 0 Å². The number of nitrogen functional groups attached to an aromatic ring is 1. The van der Waals surface area contributed by atoms with E-state index in [9.17, 15) is 0 Å². The van der Waals surface area contributed by atoms with Gasteiger partial charge in [0.25, 0.3) is 0 Å². The topological polar surface area (TPSA) is 101 Å². The molecule has 0 radical (unpaired) electrons. The van der Waals surface area contributed by atoms with E-state index in [0.29, 0.717) is 28.9 Å². The van der Waals surface area contributed by atoms with Gasteiger partial charge in [0, 0.05) is 12.6 Å². The zero-order valence-electron chi connectivity index (χ0n) is 13.4. The van der Waals surface area contributed by atoms with Crippen molar-refractivity contribution in [2.75, 3.05) is 36.0 Å². The van der Waals surface area contributed by atoms with Gasteiger partial charge in [-0.2, -0.15) is 0 Å². The van der Waals surface area contributed by atoms with E-state index in [2.05, 4.69) is 36.8 Å². The van der Waals surface area contributed by atoms with Gasteiger partial charge in [0.1, 0.15) is 17.3 Å². The van der Waals surface area contributed by atoms with E-state index in [1.165, 1.54) is 19.0 Å². The van der Waals surface area contributed by atoms with Gasteiger partial charge < -0.3 is 21.7 Å². The molecule has 0 aliphatic carbocycles. The molecule has 2 aromatic rings. The molecule has 7 nitrogen and oxygen atoms in total. The van der Waals surface area contributed by atoms with Crippen molar-refractivity contribution in [3.63, 3.8) is 0 Å². The van der Waals surface area contributed by atoms with Crippen molar-refractivity contribution in [1.82, 2.24) is 20.3 Å². The Hall–Kier alpha value is -2.85. The fourth-order valence-electron chi connectivity index (χ4n) is 2.64. The van der Waals surface area contributed by atoms with Crippen LogP contribution in [0.5, 0.6) is 0 Å². The molecule has 7 heteroatoms. The van der Waals surface area contributed by atoms with Crippen molar-refractivity contribution < 1.29 is 0 Å². The Morgan fingerprint density at radius 3 is 2.83 bits per heavy atom. The first-order valence-electron chi connectivity index (χ1n) is 8.00. The molecule has 3 rings (SSSR count). The van der Waals surface area contributed by atoms with Crippen molar-refractivity contribution in [3.8, 4) is 12.3 Å². The quantitative estimate of drug-likeness (QED) is 0.620. The average Bonchev–Trinajstić information content (AvgIpc) is 2.63. The maximum Gasteiger partial charge on any atom is 0.150 e. The van der Waals surface area contributed by atoms with Crippen LogP contribution < -0.4 is 21.7 Å². The third-order valence-electron chi connectivity index (χ3n) is 3.97. The third-order valence-corrected chi connectivity index (χ3v) is 3.97. The minimum absolute atomic E-state index is 0.495. The maximum atomic E-state index is 6.02. The van der Waals surface area contributed by atoms with Crippen LogP contribution in [0.1, 0.15) is 18.5 Å². The molecule has 1 aliphatic heterocycles. The highest BCUT2D eigenvalue weighted by molar-refractivity contribution is 5.70. The Morgan fingerprint density at radius 2 is 2.12 bits per heavy atom. The summed E-state index contributed by atoms with van der Waals surface area (Å²) in [5, 5.41) is 9.93. The normalized spacial score (nSPS) is 17.0. The largest absolute Gasteiger partial charge is 0.396 e. The molecule has 1 saturated heterocycles. The predicted molar refractivity (Wildman–Crippen MR) is 96.0 cm³/mol. The summed E-state index contributed by atoms with van der Waals surface area (Å²) in [7, 11) is 0. The molecule has 24 heavy (non-hydrogen) atoms. The Balaban J connectivity index is 1.65. The lowest BCUT2D eigenvalue weighted by Crippen LogP contribution is -2.33. The standard InChI is InChI=1S/C17H21N7/c1-2-13-9-22-17(11-20-13)24-16-6-15(14(18)10-23-16)21-8-12-4-3-5-19-7-12/h1,6,9-12,19H,3-5,7-8,18H2,(H2,21,22,23,24)/t12-/m0/s1. The van der Waals surface area contributed by atoms with Crippen molar-refractivity contribution in [2.24, 2.45) is 5.92 Å². The molecule has 0 saturated carbocycles. The third kappa shape index (κ3) is 4.12. The number of rotatable bonds is 5. The van der Waals surface area contributed by atoms with E-state index in [-0.39, 0.29) is 0 Å². The highest BCUT2D eigenvalue weighted by Crippen LogP contribution is 2.23. The van der Waals surface area contributed by atoms with Gasteiger partial charge in [-0.05, 0) is 37.8 Å². The molecule has 1 aliphatic rings.